The van der Waals surface area contributed by atoms with Crippen LogP contribution in [-0.2, 0) is 12.0 Å². The molecule has 0 saturated carbocycles. The average molecular weight is 366 g/mol. The molecule has 0 aliphatic heterocycles. The molecule has 0 spiro atoms. The number of ether oxygens (including phenoxy) is 1. The summed E-state index contributed by atoms with van der Waals surface area (Å²) >= 11 is 0. The van der Waals surface area contributed by atoms with Gasteiger partial charge in [-0.2, -0.15) is 0 Å². The highest BCUT2D eigenvalue weighted by atomic mass is 16.5. The molecule has 140 valence electrons. The number of urea groups is 1. The monoisotopic (exact) mass is 366 g/mol. The standard InChI is InChI=1S/C20H22N4O3/c1-20(2,3)17-12-18(27-24-17)23-19(25)22-13-14-4-6-15(7-5-14)26-16-8-10-21-11-9-16/h4-12H,13H2,1-3H3,(H2,22,23,25). The van der Waals surface area contributed by atoms with E-state index in [4.69, 9.17) is 9.26 Å². The van der Waals surface area contributed by atoms with Crippen LogP contribution in [0.5, 0.6) is 11.5 Å². The molecule has 7 heteroatoms. The molecule has 7 nitrogen and oxygen atoms in total. The van der Waals surface area contributed by atoms with Crippen molar-refractivity contribution in [2.75, 3.05) is 5.32 Å². The van der Waals surface area contributed by atoms with Gasteiger partial charge < -0.3 is 14.6 Å². The number of nitrogens with one attached hydrogen (secondary N) is 2. The van der Waals surface area contributed by atoms with E-state index in [2.05, 4.69) is 20.8 Å². The number of pyridine rings is 1. The first kappa shape index (κ1) is 18.4. The van der Waals surface area contributed by atoms with Gasteiger partial charge in [0.05, 0.1) is 5.69 Å². The molecule has 27 heavy (non-hydrogen) atoms. The van der Waals surface area contributed by atoms with Crippen molar-refractivity contribution in [2.24, 2.45) is 0 Å². The molecule has 0 saturated heterocycles. The molecule has 2 N–H and O–H groups in total. The van der Waals surface area contributed by atoms with E-state index in [-0.39, 0.29) is 11.4 Å². The Balaban J connectivity index is 1.49. The Morgan fingerprint density at radius 2 is 1.74 bits per heavy atom. The second-order valence-corrected chi connectivity index (χ2v) is 7.06. The van der Waals surface area contributed by atoms with Gasteiger partial charge in [0, 0.05) is 30.4 Å². The summed E-state index contributed by atoms with van der Waals surface area (Å²) in [5.74, 6) is 1.75. The zero-order valence-corrected chi connectivity index (χ0v) is 15.5. The summed E-state index contributed by atoms with van der Waals surface area (Å²) in [6.07, 6.45) is 3.34. The lowest BCUT2D eigenvalue weighted by atomic mass is 9.92. The normalized spacial score (nSPS) is 11.1. The van der Waals surface area contributed by atoms with Crippen molar-refractivity contribution in [1.29, 1.82) is 0 Å². The van der Waals surface area contributed by atoms with E-state index < -0.39 is 0 Å². The highest BCUT2D eigenvalue weighted by Gasteiger charge is 2.19. The summed E-state index contributed by atoms with van der Waals surface area (Å²) in [7, 11) is 0. The van der Waals surface area contributed by atoms with Crippen LogP contribution in [0.1, 0.15) is 32.0 Å². The fraction of sp³-hybridized carbons (Fsp3) is 0.250. The summed E-state index contributed by atoms with van der Waals surface area (Å²) in [6, 6.07) is 12.4. The zero-order valence-electron chi connectivity index (χ0n) is 15.5. The van der Waals surface area contributed by atoms with Crippen LogP contribution in [0.15, 0.2) is 59.4 Å². The van der Waals surface area contributed by atoms with Crippen molar-refractivity contribution >= 4 is 11.9 Å². The lowest BCUT2D eigenvalue weighted by molar-refractivity contribution is 0.251. The quantitative estimate of drug-likeness (QED) is 0.695. The van der Waals surface area contributed by atoms with Crippen LogP contribution in [0.2, 0.25) is 0 Å². The van der Waals surface area contributed by atoms with Gasteiger partial charge in [-0.1, -0.05) is 38.1 Å². The highest BCUT2D eigenvalue weighted by molar-refractivity contribution is 5.87. The SMILES string of the molecule is CC(C)(C)c1cc(NC(=O)NCc2ccc(Oc3ccncc3)cc2)on1. The van der Waals surface area contributed by atoms with Gasteiger partial charge in [-0.05, 0) is 29.8 Å². The topological polar surface area (TPSA) is 89.3 Å². The van der Waals surface area contributed by atoms with Gasteiger partial charge in [-0.15, -0.1) is 0 Å². The first-order valence-corrected chi connectivity index (χ1v) is 8.59. The number of hydrogen-bond donors (Lipinski definition) is 2. The molecule has 0 atom stereocenters. The molecule has 2 heterocycles. The molecular formula is C20H22N4O3. The minimum atomic E-state index is -0.358. The largest absolute Gasteiger partial charge is 0.457 e. The maximum absolute atomic E-state index is 12.0. The zero-order chi connectivity index (χ0) is 19.3. The molecule has 0 unspecified atom stereocenters. The van der Waals surface area contributed by atoms with Gasteiger partial charge >= 0.3 is 6.03 Å². The Morgan fingerprint density at radius 3 is 2.37 bits per heavy atom. The maximum atomic E-state index is 12.0. The fourth-order valence-electron chi connectivity index (χ4n) is 2.24. The second-order valence-electron chi connectivity index (χ2n) is 7.06. The minimum Gasteiger partial charge on any atom is -0.457 e. The molecule has 3 rings (SSSR count). The molecule has 0 aliphatic carbocycles. The van der Waals surface area contributed by atoms with Crippen LogP contribution in [0, 0.1) is 0 Å². The van der Waals surface area contributed by atoms with E-state index in [1.54, 1.807) is 30.6 Å². The number of nitrogens with zero attached hydrogens (tertiary/aromatic N) is 2. The summed E-state index contributed by atoms with van der Waals surface area (Å²) in [5, 5.41) is 9.38. The van der Waals surface area contributed by atoms with Crippen molar-refractivity contribution < 1.29 is 14.1 Å². The molecule has 0 radical (unpaired) electrons. The summed E-state index contributed by atoms with van der Waals surface area (Å²) < 4.78 is 10.9. The highest BCUT2D eigenvalue weighted by Crippen LogP contribution is 2.23. The van der Waals surface area contributed by atoms with E-state index in [0.717, 1.165) is 17.0 Å². The van der Waals surface area contributed by atoms with Crippen LogP contribution in [0.25, 0.3) is 0 Å². The van der Waals surface area contributed by atoms with Gasteiger partial charge in [-0.25, -0.2) is 4.79 Å². The Bertz CT molecular complexity index is 884. The van der Waals surface area contributed by atoms with Crippen molar-refractivity contribution in [3.05, 3.63) is 66.1 Å². The molecule has 2 amide bonds. The Kier molecular flexibility index (Phi) is 5.40. The summed E-state index contributed by atoms with van der Waals surface area (Å²) in [5.41, 5.74) is 1.59. The molecule has 3 aromatic rings. The number of rotatable bonds is 5. The number of hydrogen-bond acceptors (Lipinski definition) is 5. The maximum Gasteiger partial charge on any atom is 0.321 e. The summed E-state index contributed by atoms with van der Waals surface area (Å²) in [4.78, 5) is 16.0. The third-order valence-corrected chi connectivity index (χ3v) is 3.78. The third kappa shape index (κ3) is 5.31. The molecule has 1 aromatic carbocycles. The van der Waals surface area contributed by atoms with Crippen molar-refractivity contribution in [2.45, 2.75) is 32.7 Å². The first-order chi connectivity index (χ1) is 12.9. The van der Waals surface area contributed by atoms with Crippen LogP contribution in [-0.4, -0.2) is 16.2 Å². The average Bonchev–Trinajstić information content (AvgIpc) is 3.11. The molecule has 0 bridgehead atoms. The van der Waals surface area contributed by atoms with Gasteiger partial charge in [0.15, 0.2) is 0 Å². The van der Waals surface area contributed by atoms with Gasteiger partial charge in [0.2, 0.25) is 5.88 Å². The molecular weight excluding hydrogens is 344 g/mol. The molecule has 0 fully saturated rings. The van der Waals surface area contributed by atoms with Gasteiger partial charge in [0.1, 0.15) is 11.5 Å². The lowest BCUT2D eigenvalue weighted by Gasteiger charge is -2.12. The number of anilines is 1. The summed E-state index contributed by atoms with van der Waals surface area (Å²) in [6.45, 7) is 6.45. The van der Waals surface area contributed by atoms with E-state index in [1.165, 1.54) is 0 Å². The second kappa shape index (κ2) is 7.90. The predicted octanol–water partition coefficient (Wildman–Crippen LogP) is 4.48. The number of amides is 2. The van der Waals surface area contributed by atoms with Crippen LogP contribution in [0.3, 0.4) is 0 Å². The third-order valence-electron chi connectivity index (χ3n) is 3.78. The lowest BCUT2D eigenvalue weighted by Crippen LogP contribution is -2.27. The Morgan fingerprint density at radius 1 is 1.07 bits per heavy atom. The Labute approximate surface area is 157 Å². The smallest absolute Gasteiger partial charge is 0.321 e. The van der Waals surface area contributed by atoms with E-state index in [9.17, 15) is 4.79 Å². The van der Waals surface area contributed by atoms with E-state index in [0.29, 0.717) is 18.2 Å². The van der Waals surface area contributed by atoms with Crippen molar-refractivity contribution in [1.82, 2.24) is 15.5 Å². The van der Waals surface area contributed by atoms with Crippen LogP contribution in [0.4, 0.5) is 10.7 Å². The van der Waals surface area contributed by atoms with Crippen LogP contribution >= 0.6 is 0 Å². The van der Waals surface area contributed by atoms with E-state index >= 15 is 0 Å². The molecule has 2 aromatic heterocycles. The van der Waals surface area contributed by atoms with Crippen LogP contribution < -0.4 is 15.4 Å². The minimum absolute atomic E-state index is 0.139. The molecule has 0 aliphatic rings. The Hall–Kier alpha value is -3.35. The van der Waals surface area contributed by atoms with Crippen molar-refractivity contribution in [3.8, 4) is 11.5 Å². The number of benzene rings is 1. The van der Waals surface area contributed by atoms with E-state index in [1.807, 2.05) is 45.0 Å². The van der Waals surface area contributed by atoms with Gasteiger partial charge in [-0.3, -0.25) is 10.3 Å². The van der Waals surface area contributed by atoms with Crippen molar-refractivity contribution in [3.63, 3.8) is 0 Å². The fourth-order valence-corrected chi connectivity index (χ4v) is 2.24. The number of carbonyl (C=O) groups excluding carboxylic acids is 1. The van der Waals surface area contributed by atoms with Gasteiger partial charge in [0.25, 0.3) is 0 Å². The predicted molar refractivity (Wildman–Crippen MR) is 102 cm³/mol. The number of carbonyl (C=O) groups is 1. The first-order valence-electron chi connectivity index (χ1n) is 8.59. The number of aromatic nitrogens is 2.